The zero-order chi connectivity index (χ0) is 13.6. The molecular formula is C14H21BrO3. The van der Waals surface area contributed by atoms with E-state index in [1.165, 1.54) is 0 Å². The van der Waals surface area contributed by atoms with Gasteiger partial charge in [0.1, 0.15) is 6.61 Å². The van der Waals surface area contributed by atoms with Crippen molar-refractivity contribution in [3.05, 3.63) is 23.8 Å². The van der Waals surface area contributed by atoms with Crippen molar-refractivity contribution in [3.8, 4) is 11.5 Å². The lowest BCUT2D eigenvalue weighted by molar-refractivity contribution is -0.0165. The van der Waals surface area contributed by atoms with Gasteiger partial charge in [0, 0.05) is 5.33 Å². The van der Waals surface area contributed by atoms with Gasteiger partial charge in [0.05, 0.1) is 19.3 Å². The van der Waals surface area contributed by atoms with E-state index in [9.17, 15) is 0 Å². The van der Waals surface area contributed by atoms with Crippen molar-refractivity contribution in [2.75, 3.05) is 20.3 Å². The standard InChI is InChI=1S/C14H21BrO3/c1-14(2,3)18-8-7-17-13-9-11(10-15)5-6-12(13)16-4/h5-6,9H,7-8,10H2,1-4H3. The average Bonchev–Trinajstić information content (AvgIpc) is 2.33. The minimum atomic E-state index is -0.134. The topological polar surface area (TPSA) is 27.7 Å². The molecule has 0 unspecified atom stereocenters. The van der Waals surface area contributed by atoms with Crippen molar-refractivity contribution in [2.45, 2.75) is 31.7 Å². The van der Waals surface area contributed by atoms with Gasteiger partial charge in [0.2, 0.25) is 0 Å². The molecule has 4 heteroatoms. The Morgan fingerprint density at radius 3 is 2.39 bits per heavy atom. The molecule has 0 fully saturated rings. The highest BCUT2D eigenvalue weighted by Gasteiger charge is 2.10. The van der Waals surface area contributed by atoms with E-state index in [-0.39, 0.29) is 5.60 Å². The fourth-order valence-corrected chi connectivity index (χ4v) is 1.77. The molecule has 0 aliphatic rings. The maximum Gasteiger partial charge on any atom is 0.161 e. The SMILES string of the molecule is COc1ccc(CBr)cc1OCCOC(C)(C)C. The minimum absolute atomic E-state index is 0.134. The lowest BCUT2D eigenvalue weighted by atomic mass is 10.2. The van der Waals surface area contributed by atoms with E-state index >= 15 is 0 Å². The number of alkyl halides is 1. The molecular weight excluding hydrogens is 296 g/mol. The summed E-state index contributed by atoms with van der Waals surface area (Å²) >= 11 is 3.43. The highest BCUT2D eigenvalue weighted by atomic mass is 79.9. The van der Waals surface area contributed by atoms with Crippen molar-refractivity contribution >= 4 is 15.9 Å². The summed E-state index contributed by atoms with van der Waals surface area (Å²) in [4.78, 5) is 0. The number of ether oxygens (including phenoxy) is 3. The summed E-state index contributed by atoms with van der Waals surface area (Å²) < 4.78 is 16.6. The number of methoxy groups -OCH3 is 1. The van der Waals surface area contributed by atoms with Crippen LogP contribution in [0.5, 0.6) is 11.5 Å². The Kier molecular flexibility index (Phi) is 5.96. The second-order valence-electron chi connectivity index (χ2n) is 4.93. The van der Waals surface area contributed by atoms with E-state index < -0.39 is 0 Å². The van der Waals surface area contributed by atoms with Crippen LogP contribution in [0.1, 0.15) is 26.3 Å². The van der Waals surface area contributed by atoms with Gasteiger partial charge < -0.3 is 14.2 Å². The van der Waals surface area contributed by atoms with Crippen LogP contribution in [0.3, 0.4) is 0 Å². The maximum absolute atomic E-state index is 5.70. The van der Waals surface area contributed by atoms with Crippen molar-refractivity contribution in [2.24, 2.45) is 0 Å². The van der Waals surface area contributed by atoms with Gasteiger partial charge in [-0.2, -0.15) is 0 Å². The molecule has 0 saturated heterocycles. The minimum Gasteiger partial charge on any atom is -0.493 e. The van der Waals surface area contributed by atoms with Crippen molar-refractivity contribution < 1.29 is 14.2 Å². The molecule has 0 aromatic heterocycles. The summed E-state index contributed by atoms with van der Waals surface area (Å²) in [5, 5.41) is 0.797. The van der Waals surface area contributed by atoms with E-state index in [1.54, 1.807) is 7.11 Å². The summed E-state index contributed by atoms with van der Waals surface area (Å²) in [6, 6.07) is 5.90. The van der Waals surface area contributed by atoms with E-state index in [0.717, 1.165) is 22.4 Å². The third-order valence-electron chi connectivity index (χ3n) is 2.26. The summed E-state index contributed by atoms with van der Waals surface area (Å²) in [6.45, 7) is 7.15. The Balaban J connectivity index is 2.54. The predicted molar refractivity (Wildman–Crippen MR) is 76.8 cm³/mol. The molecule has 1 aromatic carbocycles. The first kappa shape index (κ1) is 15.3. The Labute approximate surface area is 118 Å². The Hall–Kier alpha value is -0.740. The Morgan fingerprint density at radius 1 is 1.11 bits per heavy atom. The van der Waals surface area contributed by atoms with E-state index in [0.29, 0.717) is 13.2 Å². The molecule has 0 saturated carbocycles. The molecule has 3 nitrogen and oxygen atoms in total. The number of benzene rings is 1. The molecule has 18 heavy (non-hydrogen) atoms. The molecule has 0 heterocycles. The third-order valence-corrected chi connectivity index (χ3v) is 2.91. The van der Waals surface area contributed by atoms with Crippen molar-refractivity contribution in [3.63, 3.8) is 0 Å². The second kappa shape index (κ2) is 7.00. The number of halogens is 1. The van der Waals surface area contributed by atoms with Gasteiger partial charge in [-0.1, -0.05) is 22.0 Å². The lowest BCUT2D eigenvalue weighted by Gasteiger charge is -2.20. The highest BCUT2D eigenvalue weighted by molar-refractivity contribution is 9.08. The zero-order valence-corrected chi connectivity index (χ0v) is 13.0. The van der Waals surface area contributed by atoms with Crippen LogP contribution in [0.4, 0.5) is 0 Å². The van der Waals surface area contributed by atoms with Crippen LogP contribution in [-0.4, -0.2) is 25.9 Å². The maximum atomic E-state index is 5.70. The third kappa shape index (κ3) is 5.27. The van der Waals surface area contributed by atoms with Crippen LogP contribution in [0.15, 0.2) is 18.2 Å². The van der Waals surface area contributed by atoms with Crippen molar-refractivity contribution in [1.82, 2.24) is 0 Å². The summed E-state index contributed by atoms with van der Waals surface area (Å²) in [5.41, 5.74) is 1.02. The molecule has 0 aliphatic heterocycles. The number of hydrogen-bond acceptors (Lipinski definition) is 3. The van der Waals surface area contributed by atoms with E-state index in [4.69, 9.17) is 14.2 Å². The summed E-state index contributed by atoms with van der Waals surface area (Å²) in [7, 11) is 1.64. The second-order valence-corrected chi connectivity index (χ2v) is 5.49. The van der Waals surface area contributed by atoms with Gasteiger partial charge in [0.15, 0.2) is 11.5 Å². The van der Waals surface area contributed by atoms with Gasteiger partial charge in [-0.25, -0.2) is 0 Å². The van der Waals surface area contributed by atoms with Gasteiger partial charge in [-0.15, -0.1) is 0 Å². The molecule has 0 radical (unpaired) electrons. The highest BCUT2D eigenvalue weighted by Crippen LogP contribution is 2.28. The van der Waals surface area contributed by atoms with Crippen LogP contribution in [-0.2, 0) is 10.1 Å². The van der Waals surface area contributed by atoms with E-state index in [2.05, 4.69) is 15.9 Å². The van der Waals surface area contributed by atoms with Gasteiger partial charge in [-0.3, -0.25) is 0 Å². The Bertz CT molecular complexity index is 372. The fourth-order valence-electron chi connectivity index (χ4n) is 1.42. The molecule has 0 aliphatic carbocycles. The lowest BCUT2D eigenvalue weighted by Crippen LogP contribution is -2.22. The van der Waals surface area contributed by atoms with Gasteiger partial charge in [-0.05, 0) is 38.5 Å². The Morgan fingerprint density at radius 2 is 1.83 bits per heavy atom. The number of hydrogen-bond donors (Lipinski definition) is 0. The fraction of sp³-hybridized carbons (Fsp3) is 0.571. The average molecular weight is 317 g/mol. The van der Waals surface area contributed by atoms with E-state index in [1.807, 2.05) is 39.0 Å². The van der Waals surface area contributed by atoms with Crippen LogP contribution in [0, 0.1) is 0 Å². The van der Waals surface area contributed by atoms with Crippen LogP contribution in [0.2, 0.25) is 0 Å². The predicted octanol–water partition coefficient (Wildman–Crippen LogP) is 3.78. The summed E-state index contributed by atoms with van der Waals surface area (Å²) in [5.74, 6) is 1.50. The molecule has 0 N–H and O–H groups in total. The molecule has 0 amide bonds. The first-order valence-electron chi connectivity index (χ1n) is 5.96. The molecule has 1 rings (SSSR count). The number of rotatable bonds is 6. The van der Waals surface area contributed by atoms with Crippen LogP contribution in [0.25, 0.3) is 0 Å². The monoisotopic (exact) mass is 316 g/mol. The smallest absolute Gasteiger partial charge is 0.161 e. The summed E-state index contributed by atoms with van der Waals surface area (Å²) in [6.07, 6.45) is 0. The van der Waals surface area contributed by atoms with Gasteiger partial charge in [0.25, 0.3) is 0 Å². The quantitative estimate of drug-likeness (QED) is 0.590. The first-order valence-corrected chi connectivity index (χ1v) is 7.08. The normalized spacial score (nSPS) is 11.4. The molecule has 0 atom stereocenters. The zero-order valence-electron chi connectivity index (χ0n) is 11.5. The molecule has 102 valence electrons. The first-order chi connectivity index (χ1) is 8.46. The molecule has 0 bridgehead atoms. The van der Waals surface area contributed by atoms with Crippen LogP contribution < -0.4 is 9.47 Å². The molecule has 0 spiro atoms. The van der Waals surface area contributed by atoms with Crippen LogP contribution >= 0.6 is 15.9 Å². The largest absolute Gasteiger partial charge is 0.493 e. The molecule has 1 aromatic rings. The van der Waals surface area contributed by atoms with Crippen molar-refractivity contribution in [1.29, 1.82) is 0 Å². The van der Waals surface area contributed by atoms with Gasteiger partial charge >= 0.3 is 0 Å².